The highest BCUT2D eigenvalue weighted by Crippen LogP contribution is 2.43. The molecule has 0 unspecified atom stereocenters. The van der Waals surface area contributed by atoms with Gasteiger partial charge in [-0.25, -0.2) is 0 Å². The molecule has 0 radical (unpaired) electrons. The van der Waals surface area contributed by atoms with Crippen molar-refractivity contribution >= 4 is 12.3 Å². The minimum atomic E-state index is -0.568. The van der Waals surface area contributed by atoms with E-state index in [0.29, 0.717) is 19.9 Å². The average molecular weight is 483 g/mol. The Kier molecular flexibility index (Phi) is 15.7. The van der Waals surface area contributed by atoms with E-state index in [1.165, 1.54) is 107 Å². The Morgan fingerprint density at radius 1 is 0.686 bits per heavy atom. The summed E-state index contributed by atoms with van der Waals surface area (Å²) in [7, 11) is 0. The van der Waals surface area contributed by atoms with Gasteiger partial charge in [0.1, 0.15) is 0 Å². The topological polar surface area (TPSA) is 18.5 Å². The van der Waals surface area contributed by atoms with Gasteiger partial charge in [0.2, 0.25) is 0 Å². The number of hydrogen-bond acceptors (Lipinski definition) is 2. The van der Waals surface area contributed by atoms with Gasteiger partial charge in [0.25, 0.3) is 0 Å². The summed E-state index contributed by atoms with van der Waals surface area (Å²) in [4.78, 5) is 0. The maximum absolute atomic E-state index is 6.56. The molecule has 0 aliphatic carbocycles. The van der Waals surface area contributed by atoms with E-state index in [1.54, 1.807) is 5.47 Å². The smallest absolute Gasteiger partial charge is 0.194 e. The Balaban J connectivity index is 2.52. The first-order chi connectivity index (χ1) is 17.2. The summed E-state index contributed by atoms with van der Waals surface area (Å²) in [5, 5.41) is 0. The van der Waals surface area contributed by atoms with Crippen LogP contribution in [0.3, 0.4) is 0 Å². The van der Waals surface area contributed by atoms with Crippen molar-refractivity contribution in [3.8, 4) is 0 Å². The van der Waals surface area contributed by atoms with Crippen molar-refractivity contribution in [2.75, 3.05) is 13.2 Å². The molecule has 0 aromatic heterocycles. The highest BCUT2D eigenvalue weighted by atomic mass is 16.7. The van der Waals surface area contributed by atoms with Crippen molar-refractivity contribution in [2.24, 2.45) is 0 Å². The minimum Gasteiger partial charge on any atom is -0.343 e. The standard InChI is InChI=1S/C32H55BO2/c1-5-9-12-18-23-30(33(25-19-13-10-6-2)26-20-14-11-7-3)31(29-21-16-15-17-22-29)32(24-8-4)34-27-28-35-32/h15-17,21-22H,5-14,18-20,23-28H2,1-4H3/b31-30+. The van der Waals surface area contributed by atoms with Crippen molar-refractivity contribution < 1.29 is 9.47 Å². The Morgan fingerprint density at radius 2 is 1.23 bits per heavy atom. The van der Waals surface area contributed by atoms with E-state index in [4.69, 9.17) is 9.47 Å². The fourth-order valence-electron chi connectivity index (χ4n) is 5.86. The van der Waals surface area contributed by atoms with E-state index >= 15 is 0 Å². The second kappa shape index (κ2) is 18.2. The molecule has 0 spiro atoms. The molecule has 198 valence electrons. The lowest BCUT2D eigenvalue weighted by molar-refractivity contribution is -0.112. The zero-order chi connectivity index (χ0) is 25.2. The normalized spacial score (nSPS) is 15.9. The largest absolute Gasteiger partial charge is 0.343 e. The molecule has 0 bridgehead atoms. The summed E-state index contributed by atoms with van der Waals surface area (Å²) in [5.74, 6) is -0.568. The van der Waals surface area contributed by atoms with Crippen LogP contribution in [0.2, 0.25) is 12.6 Å². The van der Waals surface area contributed by atoms with Crippen LogP contribution in [0.4, 0.5) is 0 Å². The molecular formula is C32H55BO2. The van der Waals surface area contributed by atoms with Crippen molar-refractivity contribution in [1.29, 1.82) is 0 Å². The lowest BCUT2D eigenvalue weighted by Gasteiger charge is -2.35. The second-order valence-corrected chi connectivity index (χ2v) is 10.7. The Labute approximate surface area is 218 Å². The van der Waals surface area contributed by atoms with Gasteiger partial charge in [0.15, 0.2) is 12.5 Å². The fraction of sp³-hybridized carbons (Fsp3) is 0.750. The van der Waals surface area contributed by atoms with E-state index < -0.39 is 5.79 Å². The maximum Gasteiger partial charge on any atom is 0.194 e. The molecule has 1 saturated heterocycles. The molecule has 0 N–H and O–H groups in total. The summed E-state index contributed by atoms with van der Waals surface area (Å²) in [5.41, 5.74) is 4.38. The molecule has 2 nitrogen and oxygen atoms in total. The van der Waals surface area contributed by atoms with Crippen LogP contribution in [-0.4, -0.2) is 25.7 Å². The molecule has 1 aromatic carbocycles. The quantitative estimate of drug-likeness (QED) is 0.136. The number of benzene rings is 1. The lowest BCUT2D eigenvalue weighted by Crippen LogP contribution is -2.35. The first-order valence-corrected chi connectivity index (χ1v) is 15.3. The van der Waals surface area contributed by atoms with Gasteiger partial charge in [-0.2, -0.15) is 0 Å². The molecule has 1 aromatic rings. The predicted molar refractivity (Wildman–Crippen MR) is 155 cm³/mol. The van der Waals surface area contributed by atoms with Gasteiger partial charge >= 0.3 is 0 Å². The zero-order valence-corrected chi connectivity index (χ0v) is 23.7. The highest BCUT2D eigenvalue weighted by Gasteiger charge is 2.42. The first-order valence-electron chi connectivity index (χ1n) is 15.3. The van der Waals surface area contributed by atoms with Crippen LogP contribution in [0.1, 0.15) is 130 Å². The van der Waals surface area contributed by atoms with Crippen LogP contribution in [0.15, 0.2) is 35.8 Å². The van der Waals surface area contributed by atoms with Gasteiger partial charge in [0, 0.05) is 12.0 Å². The maximum atomic E-state index is 6.56. The molecule has 1 fully saturated rings. The second-order valence-electron chi connectivity index (χ2n) is 10.7. The zero-order valence-electron chi connectivity index (χ0n) is 23.7. The van der Waals surface area contributed by atoms with E-state index in [1.807, 2.05) is 0 Å². The first kappa shape index (κ1) is 30.2. The molecule has 3 heteroatoms. The van der Waals surface area contributed by atoms with Crippen LogP contribution in [0, 0.1) is 0 Å². The van der Waals surface area contributed by atoms with Crippen LogP contribution in [-0.2, 0) is 9.47 Å². The monoisotopic (exact) mass is 482 g/mol. The number of ether oxygens (including phenoxy) is 2. The van der Waals surface area contributed by atoms with Crippen molar-refractivity contribution in [3.63, 3.8) is 0 Å². The number of unbranched alkanes of at least 4 members (excludes halogenated alkanes) is 9. The predicted octanol–water partition coefficient (Wildman–Crippen LogP) is 10.1. The molecule has 0 amide bonds. The number of hydrogen-bond donors (Lipinski definition) is 0. The number of allylic oxidation sites excluding steroid dienone is 1. The molecule has 0 atom stereocenters. The highest BCUT2D eigenvalue weighted by molar-refractivity contribution is 6.68. The Morgan fingerprint density at radius 3 is 1.74 bits per heavy atom. The van der Waals surface area contributed by atoms with E-state index in [0.717, 1.165) is 12.8 Å². The fourth-order valence-corrected chi connectivity index (χ4v) is 5.86. The van der Waals surface area contributed by atoms with E-state index in [9.17, 15) is 0 Å². The van der Waals surface area contributed by atoms with Crippen LogP contribution in [0.25, 0.3) is 5.57 Å². The van der Waals surface area contributed by atoms with Crippen LogP contribution in [0.5, 0.6) is 0 Å². The number of rotatable bonds is 20. The molecule has 1 aliphatic rings. The average Bonchev–Trinajstić information content (AvgIpc) is 3.35. The van der Waals surface area contributed by atoms with Crippen LogP contribution < -0.4 is 0 Å². The SMILES string of the molecule is CCCCCCB(CCCCCC)/C(CCCCCC)=C(\c1ccccc1)C1(CCC)OCCO1. The molecule has 1 aliphatic heterocycles. The third kappa shape index (κ3) is 10.1. The third-order valence-electron chi connectivity index (χ3n) is 7.70. The Hall–Kier alpha value is -1.06. The summed E-state index contributed by atoms with van der Waals surface area (Å²) >= 11 is 0. The van der Waals surface area contributed by atoms with Gasteiger partial charge < -0.3 is 9.47 Å². The lowest BCUT2D eigenvalue weighted by atomic mass is 9.37. The van der Waals surface area contributed by atoms with Crippen LogP contribution >= 0.6 is 0 Å². The summed E-state index contributed by atoms with van der Waals surface area (Å²) < 4.78 is 13.1. The molecule has 0 saturated carbocycles. The summed E-state index contributed by atoms with van der Waals surface area (Å²) in [6.45, 7) is 11.3. The van der Waals surface area contributed by atoms with Crippen molar-refractivity contribution in [3.05, 3.63) is 41.4 Å². The minimum absolute atomic E-state index is 0.568. The molecule has 2 rings (SSSR count). The Bertz CT molecular complexity index is 666. The van der Waals surface area contributed by atoms with E-state index in [2.05, 4.69) is 58.0 Å². The molecule has 35 heavy (non-hydrogen) atoms. The van der Waals surface area contributed by atoms with Gasteiger partial charge in [-0.1, -0.05) is 160 Å². The summed E-state index contributed by atoms with van der Waals surface area (Å²) in [6, 6.07) is 11.1. The van der Waals surface area contributed by atoms with Crippen molar-refractivity contribution in [1.82, 2.24) is 0 Å². The van der Waals surface area contributed by atoms with Gasteiger partial charge in [-0.05, 0) is 12.0 Å². The summed E-state index contributed by atoms with van der Waals surface area (Å²) in [6.07, 6.45) is 21.8. The van der Waals surface area contributed by atoms with Crippen molar-refractivity contribution in [2.45, 2.75) is 142 Å². The van der Waals surface area contributed by atoms with Gasteiger partial charge in [0.05, 0.1) is 13.2 Å². The van der Waals surface area contributed by atoms with E-state index in [-0.39, 0.29) is 0 Å². The van der Waals surface area contributed by atoms with Gasteiger partial charge in [-0.15, -0.1) is 0 Å². The third-order valence-corrected chi connectivity index (χ3v) is 7.70. The molecule has 1 heterocycles. The van der Waals surface area contributed by atoms with Gasteiger partial charge in [-0.3, -0.25) is 0 Å². The molecular weight excluding hydrogens is 427 g/mol.